The summed E-state index contributed by atoms with van der Waals surface area (Å²) < 4.78 is 1.99. The molecule has 0 spiro atoms. The maximum absolute atomic E-state index is 13.2. The Morgan fingerprint density at radius 3 is 1.21 bits per heavy atom. The molecular formula is C49H92N5O3+. The first kappa shape index (κ1) is 52.4. The van der Waals surface area contributed by atoms with Crippen molar-refractivity contribution in [1.82, 2.24) is 21.3 Å². The molecular weight excluding hydrogens is 707 g/mol. The number of rotatable bonds is 42. The molecule has 1 aromatic heterocycles. The van der Waals surface area contributed by atoms with Gasteiger partial charge in [0.25, 0.3) is 0 Å². The van der Waals surface area contributed by atoms with E-state index < -0.39 is 6.04 Å². The monoisotopic (exact) mass is 799 g/mol. The number of carbonyl (C=O) groups is 3. The molecule has 0 saturated heterocycles. The Bertz CT molecular complexity index is 1040. The molecule has 4 amide bonds. The highest BCUT2D eigenvalue weighted by Crippen LogP contribution is 2.15. The summed E-state index contributed by atoms with van der Waals surface area (Å²) >= 11 is 0. The van der Waals surface area contributed by atoms with Crippen molar-refractivity contribution in [2.75, 3.05) is 19.6 Å². The lowest BCUT2D eigenvalue weighted by atomic mass is 10.0. The van der Waals surface area contributed by atoms with Crippen molar-refractivity contribution in [3.8, 4) is 0 Å². The quantitative estimate of drug-likeness (QED) is 0.0391. The molecule has 0 aromatic carbocycles. The van der Waals surface area contributed by atoms with E-state index in [-0.39, 0.29) is 30.7 Å². The first-order valence-electron chi connectivity index (χ1n) is 24.6. The van der Waals surface area contributed by atoms with Gasteiger partial charge in [-0.1, -0.05) is 213 Å². The third-order valence-corrected chi connectivity index (χ3v) is 11.4. The molecule has 1 atom stereocenters. The van der Waals surface area contributed by atoms with Crippen molar-refractivity contribution < 1.29 is 19.0 Å². The second-order valence-corrected chi connectivity index (χ2v) is 16.9. The van der Waals surface area contributed by atoms with Crippen molar-refractivity contribution in [3.63, 3.8) is 0 Å². The fourth-order valence-electron chi connectivity index (χ4n) is 7.63. The van der Waals surface area contributed by atoms with Gasteiger partial charge < -0.3 is 21.3 Å². The van der Waals surface area contributed by atoms with Crippen molar-refractivity contribution >= 4 is 17.8 Å². The van der Waals surface area contributed by atoms with Crippen LogP contribution >= 0.6 is 0 Å². The number of nitrogens with zero attached hydrogens (tertiary/aromatic N) is 1. The second-order valence-electron chi connectivity index (χ2n) is 16.9. The average molecular weight is 799 g/mol. The summed E-state index contributed by atoms with van der Waals surface area (Å²) in [6, 6.07) is 4.72. The molecule has 57 heavy (non-hydrogen) atoms. The summed E-state index contributed by atoms with van der Waals surface area (Å²) in [5, 5.41) is 11.8. The number of amides is 4. The van der Waals surface area contributed by atoms with Gasteiger partial charge in [0.15, 0.2) is 18.9 Å². The Hall–Kier alpha value is -2.64. The maximum Gasteiger partial charge on any atom is 0.315 e. The molecule has 1 unspecified atom stereocenters. The standard InChI is InChI=1S/C49H91N5O3/c1-3-5-7-9-11-13-15-17-19-21-23-25-27-29-31-34-40-50-47(55)39-38-46(53-49(57)52-42-45-54-43-36-33-37-44-54)48(56)51-41-35-32-30-28-26-24-22-20-18-16-14-12-10-8-6-4-2/h33,36-37,43-44,46H,3-32,34-35,38-42,45H2,1-2H3,(H3-,50,51,52,53,55,56,57)/p+1. The Balaban J connectivity index is 2.20. The largest absolute Gasteiger partial charge is 0.356 e. The maximum atomic E-state index is 13.2. The Morgan fingerprint density at radius 1 is 0.439 bits per heavy atom. The van der Waals surface area contributed by atoms with Crippen LogP contribution in [0.3, 0.4) is 0 Å². The summed E-state index contributed by atoms with van der Waals surface area (Å²) in [5.74, 6) is -0.275. The first-order valence-corrected chi connectivity index (χ1v) is 24.6. The second kappa shape index (κ2) is 41.5. The number of pyridine rings is 1. The molecule has 0 saturated carbocycles. The van der Waals surface area contributed by atoms with Crippen LogP contribution in [0.4, 0.5) is 4.79 Å². The fourth-order valence-corrected chi connectivity index (χ4v) is 7.63. The van der Waals surface area contributed by atoms with Crippen LogP contribution in [-0.4, -0.2) is 43.5 Å². The van der Waals surface area contributed by atoms with Gasteiger partial charge >= 0.3 is 6.03 Å². The van der Waals surface area contributed by atoms with E-state index in [2.05, 4.69) is 35.1 Å². The number of carbonyl (C=O) groups excluding carboxylic acids is 3. The average Bonchev–Trinajstić information content (AvgIpc) is 3.22. The summed E-state index contributed by atoms with van der Waals surface area (Å²) in [7, 11) is 0. The molecule has 4 N–H and O–H groups in total. The van der Waals surface area contributed by atoms with E-state index in [4.69, 9.17) is 0 Å². The van der Waals surface area contributed by atoms with Crippen LogP contribution in [0.1, 0.15) is 232 Å². The third-order valence-electron chi connectivity index (χ3n) is 11.4. The highest BCUT2D eigenvalue weighted by atomic mass is 16.2. The van der Waals surface area contributed by atoms with Crippen LogP contribution in [0.15, 0.2) is 30.6 Å². The zero-order chi connectivity index (χ0) is 41.1. The van der Waals surface area contributed by atoms with Crippen molar-refractivity contribution in [2.45, 2.75) is 245 Å². The molecule has 0 aliphatic heterocycles. The van der Waals surface area contributed by atoms with Gasteiger partial charge in [0.1, 0.15) is 6.04 Å². The smallest absolute Gasteiger partial charge is 0.315 e. The number of nitrogens with one attached hydrogen (secondary N) is 4. The highest BCUT2D eigenvalue weighted by Gasteiger charge is 2.21. The van der Waals surface area contributed by atoms with Crippen LogP contribution in [0, 0.1) is 0 Å². The van der Waals surface area contributed by atoms with Gasteiger partial charge in [-0.15, -0.1) is 0 Å². The molecule has 1 aromatic rings. The van der Waals surface area contributed by atoms with Gasteiger partial charge in [0.2, 0.25) is 11.8 Å². The molecule has 0 aliphatic carbocycles. The lowest BCUT2D eigenvalue weighted by Gasteiger charge is -2.19. The van der Waals surface area contributed by atoms with Gasteiger partial charge in [-0.3, -0.25) is 9.59 Å². The third kappa shape index (κ3) is 36.2. The molecule has 1 heterocycles. The fraction of sp³-hybridized carbons (Fsp3) is 0.837. The Morgan fingerprint density at radius 2 is 0.807 bits per heavy atom. The van der Waals surface area contributed by atoms with E-state index in [1.54, 1.807) is 0 Å². The number of unbranched alkanes of at least 4 members (excludes halogenated alkanes) is 30. The van der Waals surface area contributed by atoms with Crippen molar-refractivity contribution in [1.29, 1.82) is 0 Å². The molecule has 8 nitrogen and oxygen atoms in total. The molecule has 8 heteroatoms. The zero-order valence-corrected chi connectivity index (χ0v) is 37.5. The number of hydrogen-bond acceptors (Lipinski definition) is 3. The molecule has 0 bridgehead atoms. The van der Waals surface area contributed by atoms with Crippen LogP contribution in [0.5, 0.6) is 0 Å². The minimum Gasteiger partial charge on any atom is -0.356 e. The predicted molar refractivity (Wildman–Crippen MR) is 241 cm³/mol. The zero-order valence-electron chi connectivity index (χ0n) is 37.5. The van der Waals surface area contributed by atoms with Crippen molar-refractivity contribution in [3.05, 3.63) is 30.6 Å². The molecule has 0 fully saturated rings. The minimum atomic E-state index is -0.753. The summed E-state index contributed by atoms with van der Waals surface area (Å²) in [5.41, 5.74) is 0. The molecule has 0 radical (unpaired) electrons. The van der Waals surface area contributed by atoms with Crippen LogP contribution in [0.25, 0.3) is 0 Å². The van der Waals surface area contributed by atoms with Gasteiger partial charge in [-0.05, 0) is 19.3 Å². The molecule has 0 aliphatic rings. The number of aromatic nitrogens is 1. The SMILES string of the molecule is CCCCCCCCCCCCCCCCCCNC(=O)CCC(NC(=O)NCC[n+]1ccccc1)C(=O)NCCCCCCCCCCCCCCCCCC. The Labute approximate surface area is 352 Å². The van der Waals surface area contributed by atoms with E-state index in [0.717, 1.165) is 25.7 Å². The van der Waals surface area contributed by atoms with Gasteiger partial charge in [0, 0.05) is 31.6 Å². The molecule has 330 valence electrons. The number of hydrogen-bond donors (Lipinski definition) is 4. The summed E-state index contributed by atoms with van der Waals surface area (Å²) in [6.45, 7) is 6.88. The van der Waals surface area contributed by atoms with Gasteiger partial charge in [-0.2, -0.15) is 0 Å². The Kier molecular flexibility index (Phi) is 38.2. The lowest BCUT2D eigenvalue weighted by molar-refractivity contribution is -0.694. The first-order chi connectivity index (χ1) is 28.1. The van der Waals surface area contributed by atoms with Crippen molar-refractivity contribution in [2.24, 2.45) is 0 Å². The van der Waals surface area contributed by atoms with E-state index in [1.807, 2.05) is 35.2 Å². The highest BCUT2D eigenvalue weighted by molar-refractivity contribution is 5.87. The van der Waals surface area contributed by atoms with Crippen LogP contribution in [-0.2, 0) is 16.1 Å². The summed E-state index contributed by atoms with van der Waals surface area (Å²) in [6.07, 6.45) is 46.6. The topological polar surface area (TPSA) is 103 Å². The van der Waals surface area contributed by atoms with Crippen LogP contribution in [0.2, 0.25) is 0 Å². The normalized spacial score (nSPS) is 11.7. The van der Waals surface area contributed by atoms with E-state index in [1.165, 1.54) is 180 Å². The van der Waals surface area contributed by atoms with Crippen LogP contribution < -0.4 is 25.8 Å². The predicted octanol–water partition coefficient (Wildman–Crippen LogP) is 12.2. The van der Waals surface area contributed by atoms with E-state index in [0.29, 0.717) is 26.2 Å². The van der Waals surface area contributed by atoms with E-state index in [9.17, 15) is 14.4 Å². The minimum absolute atomic E-state index is 0.0609. The number of urea groups is 1. The van der Waals surface area contributed by atoms with Gasteiger partial charge in [0.05, 0.1) is 6.54 Å². The van der Waals surface area contributed by atoms with E-state index >= 15 is 0 Å². The summed E-state index contributed by atoms with van der Waals surface area (Å²) in [4.78, 5) is 38.6. The molecule has 1 rings (SSSR count). The van der Waals surface area contributed by atoms with Gasteiger partial charge in [-0.25, -0.2) is 9.36 Å². The lowest BCUT2D eigenvalue weighted by Crippen LogP contribution is -2.51.